The van der Waals surface area contributed by atoms with Crippen LogP contribution >= 0.6 is 0 Å². The Hall–Kier alpha value is -2.17. The van der Waals surface area contributed by atoms with Crippen molar-refractivity contribution in [3.8, 4) is 0 Å². The number of carbonyl (C=O) groups is 3. The van der Waals surface area contributed by atoms with Gasteiger partial charge in [-0.2, -0.15) is 0 Å². The van der Waals surface area contributed by atoms with E-state index in [1.165, 1.54) is 0 Å². The Morgan fingerprint density at radius 3 is 2.38 bits per heavy atom. The molecule has 2 bridgehead atoms. The second kappa shape index (κ2) is 4.91. The lowest BCUT2D eigenvalue weighted by molar-refractivity contribution is -0.195. The van der Waals surface area contributed by atoms with Crippen LogP contribution in [0.15, 0.2) is 18.2 Å². The summed E-state index contributed by atoms with van der Waals surface area (Å²) in [6.45, 7) is 9.31. The molecule has 1 heterocycles. The highest BCUT2D eigenvalue weighted by atomic mass is 16.6. The number of carbonyl (C=O) groups excluding carboxylic acids is 3. The van der Waals surface area contributed by atoms with Crippen LogP contribution in [0, 0.1) is 30.1 Å². The van der Waals surface area contributed by atoms with E-state index in [-0.39, 0.29) is 5.91 Å². The van der Waals surface area contributed by atoms with Crippen LogP contribution in [0.5, 0.6) is 0 Å². The number of hydrogen-bond acceptors (Lipinski definition) is 4. The number of aryl methyl sites for hydroxylation is 2. The standard InChI is InChI=1S/C19H23NO4/c1-11-6-7-13(12(2)10-11)20-14(21)19-9-8-18(5,17(19,3)4)15(22)24-16(19)23/h6-7,10H,8-9H2,1-5H3,(H,20,21). The second-order valence-corrected chi connectivity index (χ2v) is 7.81. The molecule has 0 aromatic heterocycles. The van der Waals surface area contributed by atoms with Crippen LogP contribution in [0.2, 0.25) is 0 Å². The first-order chi connectivity index (χ1) is 11.1. The van der Waals surface area contributed by atoms with Gasteiger partial charge in [0, 0.05) is 11.1 Å². The minimum Gasteiger partial charge on any atom is -0.392 e. The van der Waals surface area contributed by atoms with Gasteiger partial charge < -0.3 is 10.1 Å². The molecule has 2 atom stereocenters. The quantitative estimate of drug-likeness (QED) is 0.668. The van der Waals surface area contributed by atoms with Gasteiger partial charge in [-0.15, -0.1) is 0 Å². The molecule has 2 unspecified atom stereocenters. The Morgan fingerprint density at radius 2 is 1.75 bits per heavy atom. The fraction of sp³-hybridized carbons (Fsp3) is 0.526. The van der Waals surface area contributed by atoms with Crippen molar-refractivity contribution in [1.82, 2.24) is 0 Å². The molecule has 1 amide bonds. The Kier molecular flexibility index (Phi) is 3.41. The molecule has 1 aromatic carbocycles. The lowest BCUT2D eigenvalue weighted by Crippen LogP contribution is -2.61. The number of hydrogen-bond donors (Lipinski definition) is 1. The predicted molar refractivity (Wildman–Crippen MR) is 89.2 cm³/mol. The largest absolute Gasteiger partial charge is 0.392 e. The zero-order valence-electron chi connectivity index (χ0n) is 14.8. The molecule has 0 spiro atoms. The van der Waals surface area contributed by atoms with E-state index in [0.29, 0.717) is 18.5 Å². The number of fused-ring (bicyclic) bond motifs is 2. The smallest absolute Gasteiger partial charge is 0.329 e. The molecule has 5 heteroatoms. The van der Waals surface area contributed by atoms with Crippen LogP contribution in [-0.2, 0) is 19.1 Å². The number of anilines is 1. The van der Waals surface area contributed by atoms with Gasteiger partial charge in [-0.3, -0.25) is 14.4 Å². The molecule has 1 aliphatic carbocycles. The first-order valence-electron chi connectivity index (χ1n) is 8.22. The summed E-state index contributed by atoms with van der Waals surface area (Å²) in [6.07, 6.45) is 0.780. The van der Waals surface area contributed by atoms with Crippen molar-refractivity contribution in [2.45, 2.75) is 47.5 Å². The Morgan fingerprint density at radius 1 is 1.08 bits per heavy atom. The molecule has 1 N–H and O–H groups in total. The van der Waals surface area contributed by atoms with Crippen LogP contribution < -0.4 is 5.32 Å². The number of benzene rings is 1. The number of esters is 2. The third-order valence-electron chi connectivity index (χ3n) is 6.45. The molecule has 2 aliphatic rings. The molecule has 5 nitrogen and oxygen atoms in total. The summed E-state index contributed by atoms with van der Waals surface area (Å²) in [5.74, 6) is -1.64. The summed E-state index contributed by atoms with van der Waals surface area (Å²) < 4.78 is 4.98. The monoisotopic (exact) mass is 329 g/mol. The maximum absolute atomic E-state index is 13.1. The van der Waals surface area contributed by atoms with Gasteiger partial charge in [0.2, 0.25) is 5.91 Å². The zero-order chi connectivity index (χ0) is 17.9. The van der Waals surface area contributed by atoms with Crippen LogP contribution in [-0.4, -0.2) is 17.8 Å². The minimum atomic E-state index is -1.34. The topological polar surface area (TPSA) is 72.5 Å². The molecule has 2 fully saturated rings. The average Bonchev–Trinajstić information content (AvgIpc) is 2.63. The third kappa shape index (κ3) is 1.84. The Bertz CT molecular complexity index is 767. The predicted octanol–water partition coefficient (Wildman–Crippen LogP) is 3.14. The van der Waals surface area contributed by atoms with E-state index in [1.54, 1.807) is 6.92 Å². The highest BCUT2D eigenvalue weighted by molar-refractivity contribution is 6.15. The van der Waals surface area contributed by atoms with Crippen molar-refractivity contribution in [3.63, 3.8) is 0 Å². The summed E-state index contributed by atoms with van der Waals surface area (Å²) in [5.41, 5.74) is -0.282. The van der Waals surface area contributed by atoms with Crippen molar-refractivity contribution in [3.05, 3.63) is 29.3 Å². The summed E-state index contributed by atoms with van der Waals surface area (Å²) in [5, 5.41) is 2.89. The number of ether oxygens (including phenoxy) is 1. The van der Waals surface area contributed by atoms with Gasteiger partial charge in [0.05, 0.1) is 5.41 Å². The lowest BCUT2D eigenvalue weighted by Gasteiger charge is -2.48. The molecule has 1 saturated carbocycles. The van der Waals surface area contributed by atoms with E-state index in [1.807, 2.05) is 45.9 Å². The van der Waals surface area contributed by atoms with Gasteiger partial charge >= 0.3 is 11.9 Å². The fourth-order valence-corrected chi connectivity index (χ4v) is 4.20. The molecular formula is C19H23NO4. The molecule has 1 aliphatic heterocycles. The fourth-order valence-electron chi connectivity index (χ4n) is 4.20. The molecule has 24 heavy (non-hydrogen) atoms. The Balaban J connectivity index is 2.02. The van der Waals surface area contributed by atoms with Crippen molar-refractivity contribution >= 4 is 23.5 Å². The summed E-state index contributed by atoms with van der Waals surface area (Å²) in [6, 6.07) is 5.71. The van der Waals surface area contributed by atoms with Gasteiger partial charge in [-0.1, -0.05) is 31.5 Å². The van der Waals surface area contributed by atoms with Crippen molar-refractivity contribution in [1.29, 1.82) is 0 Å². The number of cyclic esters (lactones) is 2. The average molecular weight is 329 g/mol. The molecular weight excluding hydrogens is 306 g/mol. The molecule has 1 aromatic rings. The Labute approximate surface area is 141 Å². The van der Waals surface area contributed by atoms with Crippen LogP contribution in [0.3, 0.4) is 0 Å². The van der Waals surface area contributed by atoms with Crippen LogP contribution in [0.1, 0.15) is 44.7 Å². The summed E-state index contributed by atoms with van der Waals surface area (Å²) in [4.78, 5) is 38.0. The van der Waals surface area contributed by atoms with Crippen molar-refractivity contribution in [2.24, 2.45) is 16.2 Å². The third-order valence-corrected chi connectivity index (χ3v) is 6.45. The number of rotatable bonds is 2. The van der Waals surface area contributed by atoms with Gasteiger partial charge in [-0.25, -0.2) is 0 Å². The number of amides is 1. The molecule has 3 rings (SSSR count). The van der Waals surface area contributed by atoms with Gasteiger partial charge in [0.25, 0.3) is 0 Å². The lowest BCUT2D eigenvalue weighted by atomic mass is 9.57. The normalized spacial score (nSPS) is 30.9. The van der Waals surface area contributed by atoms with E-state index in [2.05, 4.69) is 5.32 Å². The van der Waals surface area contributed by atoms with E-state index in [9.17, 15) is 14.4 Å². The van der Waals surface area contributed by atoms with E-state index in [4.69, 9.17) is 4.74 Å². The minimum absolute atomic E-state index is 0.317. The van der Waals surface area contributed by atoms with Crippen molar-refractivity contribution in [2.75, 3.05) is 5.32 Å². The highest BCUT2D eigenvalue weighted by Gasteiger charge is 2.75. The van der Waals surface area contributed by atoms with E-state index >= 15 is 0 Å². The maximum atomic E-state index is 13.1. The van der Waals surface area contributed by atoms with Gasteiger partial charge in [0.15, 0.2) is 5.41 Å². The van der Waals surface area contributed by atoms with E-state index < -0.39 is 28.2 Å². The SMILES string of the molecule is Cc1ccc(NC(=O)C23CCC(C)(C(=O)OC2=O)C3(C)C)c(C)c1. The highest BCUT2D eigenvalue weighted by Crippen LogP contribution is 2.66. The number of nitrogens with one attached hydrogen (secondary N) is 1. The second-order valence-electron chi connectivity index (χ2n) is 7.81. The zero-order valence-corrected chi connectivity index (χ0v) is 14.8. The summed E-state index contributed by atoms with van der Waals surface area (Å²) >= 11 is 0. The maximum Gasteiger partial charge on any atom is 0.329 e. The van der Waals surface area contributed by atoms with Crippen LogP contribution in [0.25, 0.3) is 0 Å². The first kappa shape index (κ1) is 16.7. The van der Waals surface area contributed by atoms with Crippen LogP contribution in [0.4, 0.5) is 5.69 Å². The van der Waals surface area contributed by atoms with E-state index in [0.717, 1.165) is 11.1 Å². The molecule has 1 saturated heterocycles. The summed E-state index contributed by atoms with van der Waals surface area (Å²) in [7, 11) is 0. The molecule has 0 radical (unpaired) electrons. The first-order valence-corrected chi connectivity index (χ1v) is 8.22. The van der Waals surface area contributed by atoms with Crippen molar-refractivity contribution < 1.29 is 19.1 Å². The van der Waals surface area contributed by atoms with Gasteiger partial charge in [-0.05, 0) is 45.2 Å². The van der Waals surface area contributed by atoms with Gasteiger partial charge in [0.1, 0.15) is 0 Å². The molecule has 128 valence electrons.